The fourth-order valence-electron chi connectivity index (χ4n) is 4.76. The van der Waals surface area contributed by atoms with E-state index in [1.807, 2.05) is 6.92 Å². The lowest BCUT2D eigenvalue weighted by Crippen LogP contribution is -2.29. The fourth-order valence-corrected chi connectivity index (χ4v) is 4.76. The van der Waals surface area contributed by atoms with Crippen molar-refractivity contribution in [3.8, 4) is 11.1 Å². The van der Waals surface area contributed by atoms with Crippen LogP contribution in [0.1, 0.15) is 84.2 Å². The van der Waals surface area contributed by atoms with Gasteiger partial charge in [-0.15, -0.1) is 0 Å². The fraction of sp³-hybridized carbons (Fsp3) is 0.367. The van der Waals surface area contributed by atoms with E-state index in [1.165, 1.54) is 37.5 Å². The van der Waals surface area contributed by atoms with E-state index in [0.29, 0.717) is 35.4 Å². The van der Waals surface area contributed by atoms with E-state index in [4.69, 9.17) is 4.52 Å². The number of aromatic amines is 1. The van der Waals surface area contributed by atoms with Crippen LogP contribution >= 0.6 is 0 Å². The van der Waals surface area contributed by atoms with Crippen molar-refractivity contribution in [2.75, 3.05) is 14.1 Å². The number of carbonyl (C=O) groups excluding carboxylic acids is 2. The third-order valence-electron chi connectivity index (χ3n) is 6.91. The highest BCUT2D eigenvalue weighted by molar-refractivity contribution is 6.01. The number of rotatable bonds is 12. The lowest BCUT2D eigenvalue weighted by molar-refractivity contribution is 0.0823. The molecule has 216 valence electrons. The zero-order valence-corrected chi connectivity index (χ0v) is 23.7. The molecule has 0 fully saturated rings. The number of benzene rings is 1. The number of allylic oxidation sites excluding steroid dienone is 1. The number of imidazole rings is 1. The lowest BCUT2D eigenvalue weighted by Gasteiger charge is -2.17. The molecule has 2 amide bonds. The molecule has 1 aromatic carbocycles. The van der Waals surface area contributed by atoms with Gasteiger partial charge in [0, 0.05) is 31.4 Å². The summed E-state index contributed by atoms with van der Waals surface area (Å²) in [5, 5.41) is 6.88. The zero-order valence-electron chi connectivity index (χ0n) is 23.7. The van der Waals surface area contributed by atoms with Crippen LogP contribution in [-0.2, 0) is 6.42 Å². The van der Waals surface area contributed by atoms with Gasteiger partial charge in [0.2, 0.25) is 0 Å². The van der Waals surface area contributed by atoms with E-state index in [-0.39, 0.29) is 28.1 Å². The Bertz CT molecular complexity index is 1580. The molecule has 0 aliphatic rings. The Morgan fingerprint density at radius 1 is 1.15 bits per heavy atom. The summed E-state index contributed by atoms with van der Waals surface area (Å²) in [5.41, 5.74) is 2.10. The van der Waals surface area contributed by atoms with E-state index in [9.17, 15) is 14.0 Å². The number of halogens is 2. The molecule has 0 radical (unpaired) electrons. The van der Waals surface area contributed by atoms with Gasteiger partial charge < -0.3 is 19.7 Å². The first-order valence-electron chi connectivity index (χ1n) is 13.6. The van der Waals surface area contributed by atoms with E-state index in [0.717, 1.165) is 37.5 Å². The number of hydrogen-bond donors (Lipinski definition) is 2. The molecule has 11 heteroatoms. The highest BCUT2D eigenvalue weighted by Gasteiger charge is 2.26. The van der Waals surface area contributed by atoms with Crippen LogP contribution in [0.2, 0.25) is 0 Å². The number of nitrogens with zero attached hydrogens (tertiary/aromatic N) is 4. The summed E-state index contributed by atoms with van der Waals surface area (Å²) < 4.78 is 35.7. The number of carbonyl (C=O) groups is 2. The molecule has 1 atom stereocenters. The van der Waals surface area contributed by atoms with Crippen LogP contribution in [0, 0.1) is 11.6 Å². The van der Waals surface area contributed by atoms with Gasteiger partial charge in [0.1, 0.15) is 23.2 Å². The molecule has 4 aromatic rings. The maximum absolute atomic E-state index is 16.0. The number of fused-ring (bicyclic) bond motifs is 1. The topological polar surface area (TPSA) is 117 Å². The number of pyridine rings is 1. The number of aromatic nitrogens is 4. The highest BCUT2D eigenvalue weighted by atomic mass is 19.1. The first-order valence-corrected chi connectivity index (χ1v) is 13.6. The number of aryl methyl sites for hydroxylation is 1. The Kier molecular flexibility index (Phi) is 9.26. The van der Waals surface area contributed by atoms with Crippen molar-refractivity contribution in [3.05, 3.63) is 77.2 Å². The van der Waals surface area contributed by atoms with E-state index in [1.54, 1.807) is 6.07 Å². The Labute approximate surface area is 237 Å². The molecule has 0 saturated heterocycles. The highest BCUT2D eigenvalue weighted by Crippen LogP contribution is 2.33. The van der Waals surface area contributed by atoms with Crippen molar-refractivity contribution >= 4 is 22.8 Å². The quantitative estimate of drug-likeness (QED) is 0.199. The summed E-state index contributed by atoms with van der Waals surface area (Å²) in [6.07, 6.45) is 7.95. The van der Waals surface area contributed by atoms with Crippen molar-refractivity contribution in [2.24, 2.45) is 0 Å². The second-order valence-corrected chi connectivity index (χ2v) is 10.1. The maximum Gasteiger partial charge on any atom is 0.257 e. The van der Waals surface area contributed by atoms with Crippen molar-refractivity contribution in [2.45, 2.75) is 58.4 Å². The van der Waals surface area contributed by atoms with Crippen molar-refractivity contribution in [1.29, 1.82) is 0 Å². The predicted molar refractivity (Wildman–Crippen MR) is 151 cm³/mol. The lowest BCUT2D eigenvalue weighted by atomic mass is 9.99. The average molecular weight is 565 g/mol. The van der Waals surface area contributed by atoms with E-state index >= 15 is 4.39 Å². The van der Waals surface area contributed by atoms with Crippen LogP contribution in [0.25, 0.3) is 22.2 Å². The Morgan fingerprint density at radius 3 is 2.63 bits per heavy atom. The molecule has 9 nitrogen and oxygen atoms in total. The predicted octanol–water partition coefficient (Wildman–Crippen LogP) is 6.15. The summed E-state index contributed by atoms with van der Waals surface area (Å²) in [4.78, 5) is 38.6. The minimum atomic E-state index is -0.851. The monoisotopic (exact) mass is 564 g/mol. The molecule has 0 aliphatic carbocycles. The summed E-state index contributed by atoms with van der Waals surface area (Å²) in [5.74, 6) is -2.22. The molecule has 0 saturated carbocycles. The number of amides is 2. The number of nitrogens with one attached hydrogen (secondary N) is 2. The smallest absolute Gasteiger partial charge is 0.257 e. The Morgan fingerprint density at radius 2 is 1.93 bits per heavy atom. The number of hydrogen-bond acceptors (Lipinski definition) is 6. The molecule has 0 spiro atoms. The van der Waals surface area contributed by atoms with Crippen molar-refractivity contribution < 1.29 is 22.9 Å². The minimum Gasteiger partial charge on any atom is -0.364 e. The van der Waals surface area contributed by atoms with Gasteiger partial charge in [-0.25, -0.2) is 13.8 Å². The number of H-pyrrole nitrogens is 1. The standard InChI is InChI=1S/C30H34F2N6O3/c1-6-9-17(3)10-8-11-24(35-29(39)20-16-41-37-22(20)7-2)28-34-23-13-12-18(26(32)27(23)36-28)19-14-33-15-21(31)25(19)30(40)38(4)5/h12-16,24H,3,6-11H2,1-2,4-5H3,(H,34,36)(H,35,39). The van der Waals surface area contributed by atoms with Gasteiger partial charge in [0.25, 0.3) is 11.8 Å². The second-order valence-electron chi connectivity index (χ2n) is 10.1. The molecule has 3 heterocycles. The first-order chi connectivity index (χ1) is 19.7. The van der Waals surface area contributed by atoms with Crippen LogP contribution in [0.5, 0.6) is 0 Å². The van der Waals surface area contributed by atoms with Crippen molar-refractivity contribution in [1.82, 2.24) is 30.3 Å². The SMILES string of the molecule is C=C(CCC)CCCC(NC(=O)c1conc1CC)c1nc2c(F)c(-c3cncc(F)c3C(=O)N(C)C)ccc2[nH]1. The van der Waals surface area contributed by atoms with Gasteiger partial charge in [-0.2, -0.15) is 0 Å². The van der Waals surface area contributed by atoms with Gasteiger partial charge in [-0.1, -0.05) is 37.6 Å². The Balaban J connectivity index is 1.71. The molecule has 0 aliphatic heterocycles. The molecular weight excluding hydrogens is 530 g/mol. The minimum absolute atomic E-state index is 0.00104. The zero-order chi connectivity index (χ0) is 29.7. The van der Waals surface area contributed by atoms with E-state index in [2.05, 4.69) is 38.9 Å². The van der Waals surface area contributed by atoms with Gasteiger partial charge in [0.05, 0.1) is 29.0 Å². The maximum atomic E-state index is 16.0. The van der Waals surface area contributed by atoms with Gasteiger partial charge in [0.15, 0.2) is 11.6 Å². The van der Waals surface area contributed by atoms with Gasteiger partial charge in [-0.3, -0.25) is 14.6 Å². The second kappa shape index (κ2) is 12.8. The van der Waals surface area contributed by atoms with Gasteiger partial charge >= 0.3 is 0 Å². The van der Waals surface area contributed by atoms with Crippen LogP contribution in [0.3, 0.4) is 0 Å². The van der Waals surface area contributed by atoms with Crippen molar-refractivity contribution in [3.63, 3.8) is 0 Å². The first kappa shape index (κ1) is 29.6. The third kappa shape index (κ3) is 6.34. The van der Waals surface area contributed by atoms with Crippen LogP contribution in [0.15, 0.2) is 47.5 Å². The third-order valence-corrected chi connectivity index (χ3v) is 6.91. The normalized spacial score (nSPS) is 12.0. The summed E-state index contributed by atoms with van der Waals surface area (Å²) in [6, 6.07) is 2.49. The summed E-state index contributed by atoms with van der Waals surface area (Å²) >= 11 is 0. The molecule has 1 unspecified atom stereocenters. The largest absolute Gasteiger partial charge is 0.364 e. The van der Waals surface area contributed by atoms with Crippen LogP contribution in [-0.4, -0.2) is 50.9 Å². The molecule has 41 heavy (non-hydrogen) atoms. The summed E-state index contributed by atoms with van der Waals surface area (Å²) in [7, 11) is 2.97. The van der Waals surface area contributed by atoms with Crippen LogP contribution in [0.4, 0.5) is 8.78 Å². The Hall–Kier alpha value is -4.41. The molecule has 2 N–H and O–H groups in total. The van der Waals surface area contributed by atoms with E-state index < -0.39 is 23.6 Å². The molecule has 0 bridgehead atoms. The summed E-state index contributed by atoms with van der Waals surface area (Å²) in [6.45, 7) is 8.08. The molecular formula is C30H34F2N6O3. The van der Waals surface area contributed by atoms with Crippen LogP contribution < -0.4 is 5.32 Å². The molecule has 4 rings (SSSR count). The molecule has 3 aromatic heterocycles. The van der Waals surface area contributed by atoms with Gasteiger partial charge in [-0.05, 0) is 44.2 Å². The average Bonchev–Trinajstić information content (AvgIpc) is 3.60.